The molecule has 35 heavy (non-hydrogen) atoms. The van der Waals surface area contributed by atoms with Gasteiger partial charge < -0.3 is 15.3 Å². The number of amides is 1. The number of aromatic nitrogens is 2. The van der Waals surface area contributed by atoms with Gasteiger partial charge in [-0.1, -0.05) is 54.6 Å². The molecule has 1 aliphatic rings. The highest BCUT2D eigenvalue weighted by Gasteiger charge is 2.38. The lowest BCUT2D eigenvalue weighted by Gasteiger charge is -2.26. The molecule has 0 unspecified atom stereocenters. The fourth-order valence-corrected chi connectivity index (χ4v) is 6.48. The van der Waals surface area contributed by atoms with Gasteiger partial charge in [0.25, 0.3) is 5.91 Å². The molecule has 1 amide bonds. The smallest absolute Gasteiger partial charge is 0.268 e. The zero-order valence-electron chi connectivity index (χ0n) is 19.0. The zero-order valence-corrected chi connectivity index (χ0v) is 19.8. The van der Waals surface area contributed by atoms with Gasteiger partial charge in [-0.3, -0.25) is 4.79 Å². The summed E-state index contributed by atoms with van der Waals surface area (Å²) in [6, 6.07) is 21.5. The first-order valence-corrected chi connectivity index (χ1v) is 12.9. The van der Waals surface area contributed by atoms with Gasteiger partial charge in [-0.15, -0.1) is 0 Å². The number of H-pyrrole nitrogens is 2. The van der Waals surface area contributed by atoms with E-state index in [2.05, 4.69) is 20.0 Å². The predicted octanol–water partition coefficient (Wildman–Crippen LogP) is 4.18. The summed E-state index contributed by atoms with van der Waals surface area (Å²) in [5.74, 6) is -0.673. The summed E-state index contributed by atoms with van der Waals surface area (Å²) in [5.41, 5.74) is 5.11. The standard InChI is InChI=1S/C27H24N4O3S/c1-16-8-7-12-18-20(14-28-25(16)18)23-22(31-35(33,34)17-9-3-2-4-10-17)15-29-27(32)26-24(23)19-11-5-6-13-21(19)30-26/h2-14,22-23,28,30-31H,15H2,1H3,(H,29,32)/t22-,23+/m1/s1. The highest BCUT2D eigenvalue weighted by atomic mass is 32.2. The molecule has 2 aromatic heterocycles. The Hall–Kier alpha value is -3.88. The van der Waals surface area contributed by atoms with E-state index in [-0.39, 0.29) is 17.3 Å². The summed E-state index contributed by atoms with van der Waals surface area (Å²) >= 11 is 0. The number of hydrogen-bond donors (Lipinski definition) is 4. The van der Waals surface area contributed by atoms with Crippen molar-refractivity contribution in [3.05, 3.63) is 101 Å². The fraction of sp³-hybridized carbons (Fsp3) is 0.148. The SMILES string of the molecule is Cc1cccc2c([C@@H]3c4c([nH]c5ccccc45)C(=O)NC[C@H]3NS(=O)(=O)c3ccccc3)c[nH]c12. The number of benzene rings is 3. The van der Waals surface area contributed by atoms with Crippen molar-refractivity contribution < 1.29 is 13.2 Å². The van der Waals surface area contributed by atoms with Crippen molar-refractivity contribution in [2.75, 3.05) is 6.54 Å². The summed E-state index contributed by atoms with van der Waals surface area (Å²) in [6.07, 6.45) is 1.94. The van der Waals surface area contributed by atoms with E-state index in [4.69, 9.17) is 0 Å². The summed E-state index contributed by atoms with van der Waals surface area (Å²) < 4.78 is 29.7. The van der Waals surface area contributed by atoms with Crippen molar-refractivity contribution in [2.24, 2.45) is 0 Å². The summed E-state index contributed by atoms with van der Waals surface area (Å²) in [4.78, 5) is 20.0. The number of para-hydroxylation sites is 2. The van der Waals surface area contributed by atoms with E-state index in [1.165, 1.54) is 0 Å². The molecule has 2 atom stereocenters. The number of carbonyl (C=O) groups is 1. The molecule has 6 rings (SSSR count). The Morgan fingerprint density at radius 1 is 0.914 bits per heavy atom. The normalized spacial score (nSPS) is 18.4. The second-order valence-electron chi connectivity index (χ2n) is 8.93. The van der Waals surface area contributed by atoms with Crippen molar-refractivity contribution in [3.63, 3.8) is 0 Å². The second-order valence-corrected chi connectivity index (χ2v) is 10.6. The molecular weight excluding hydrogens is 460 g/mol. The van der Waals surface area contributed by atoms with Crippen molar-refractivity contribution in [3.8, 4) is 0 Å². The van der Waals surface area contributed by atoms with Gasteiger partial charge in [0, 0.05) is 40.5 Å². The molecule has 0 saturated carbocycles. The van der Waals surface area contributed by atoms with Gasteiger partial charge in [0.05, 0.1) is 10.9 Å². The van der Waals surface area contributed by atoms with E-state index in [9.17, 15) is 13.2 Å². The van der Waals surface area contributed by atoms with E-state index < -0.39 is 22.0 Å². The van der Waals surface area contributed by atoms with E-state index in [1.807, 2.05) is 55.6 Å². The van der Waals surface area contributed by atoms with E-state index >= 15 is 0 Å². The molecule has 176 valence electrons. The molecule has 5 aromatic rings. The topological polar surface area (TPSA) is 107 Å². The number of sulfonamides is 1. The van der Waals surface area contributed by atoms with Gasteiger partial charge in [0.15, 0.2) is 0 Å². The van der Waals surface area contributed by atoms with E-state index in [0.717, 1.165) is 38.5 Å². The third-order valence-electron chi connectivity index (χ3n) is 6.82. The quantitative estimate of drug-likeness (QED) is 0.307. The number of carbonyl (C=O) groups excluding carboxylic acids is 1. The lowest BCUT2D eigenvalue weighted by molar-refractivity contribution is 0.0950. The maximum atomic E-state index is 13.4. The van der Waals surface area contributed by atoms with E-state index in [0.29, 0.717) is 5.69 Å². The molecule has 4 N–H and O–H groups in total. The van der Waals surface area contributed by atoms with Crippen molar-refractivity contribution in [1.29, 1.82) is 0 Å². The number of fused-ring (bicyclic) bond motifs is 4. The third-order valence-corrected chi connectivity index (χ3v) is 8.33. The summed E-state index contributed by atoms with van der Waals surface area (Å²) in [6.45, 7) is 2.18. The minimum absolute atomic E-state index is 0.144. The second kappa shape index (κ2) is 8.11. The van der Waals surface area contributed by atoms with Gasteiger partial charge in [-0.05, 0) is 41.8 Å². The van der Waals surface area contributed by atoms with E-state index in [1.54, 1.807) is 30.3 Å². The van der Waals surface area contributed by atoms with Crippen LogP contribution in [0.1, 0.15) is 33.1 Å². The van der Waals surface area contributed by atoms with Crippen molar-refractivity contribution in [1.82, 2.24) is 20.0 Å². The molecule has 3 aromatic carbocycles. The average molecular weight is 485 g/mol. The largest absolute Gasteiger partial charge is 0.361 e. The Kier molecular flexibility index (Phi) is 5.01. The number of hydrogen-bond acceptors (Lipinski definition) is 3. The van der Waals surface area contributed by atoms with Crippen LogP contribution in [0.15, 0.2) is 83.9 Å². The molecular formula is C27H24N4O3S. The molecule has 8 heteroatoms. The summed E-state index contributed by atoms with van der Waals surface area (Å²) in [7, 11) is -3.84. The van der Waals surface area contributed by atoms with Crippen LogP contribution in [0.2, 0.25) is 0 Å². The Morgan fingerprint density at radius 2 is 1.66 bits per heavy atom. The van der Waals surface area contributed by atoms with Crippen LogP contribution in [0.25, 0.3) is 21.8 Å². The molecule has 3 heterocycles. The van der Waals surface area contributed by atoms with Gasteiger partial charge >= 0.3 is 0 Å². The molecule has 0 radical (unpaired) electrons. The molecule has 1 aliphatic heterocycles. The first kappa shape index (κ1) is 21.6. The molecule has 7 nitrogen and oxygen atoms in total. The predicted molar refractivity (Wildman–Crippen MR) is 136 cm³/mol. The van der Waals surface area contributed by atoms with Crippen LogP contribution in [0.3, 0.4) is 0 Å². The fourth-order valence-electron chi connectivity index (χ4n) is 5.21. The highest BCUT2D eigenvalue weighted by molar-refractivity contribution is 7.89. The Balaban J connectivity index is 1.60. The number of aryl methyl sites for hydroxylation is 1. The zero-order chi connectivity index (χ0) is 24.2. The highest BCUT2D eigenvalue weighted by Crippen LogP contribution is 2.41. The molecule has 0 bridgehead atoms. The minimum Gasteiger partial charge on any atom is -0.361 e. The summed E-state index contributed by atoms with van der Waals surface area (Å²) in [5, 5.41) is 4.83. The Labute approximate surface area is 202 Å². The van der Waals surface area contributed by atoms with Gasteiger partial charge in [-0.2, -0.15) is 0 Å². The van der Waals surface area contributed by atoms with Crippen LogP contribution >= 0.6 is 0 Å². The molecule has 0 spiro atoms. The molecule has 0 saturated heterocycles. The van der Waals surface area contributed by atoms with Crippen LogP contribution in [-0.2, 0) is 10.0 Å². The van der Waals surface area contributed by atoms with Gasteiger partial charge in [0.2, 0.25) is 10.0 Å². The monoisotopic (exact) mass is 484 g/mol. The van der Waals surface area contributed by atoms with Crippen LogP contribution in [0.4, 0.5) is 0 Å². The third kappa shape index (κ3) is 3.53. The minimum atomic E-state index is -3.84. The molecule has 0 aliphatic carbocycles. The Morgan fingerprint density at radius 3 is 2.49 bits per heavy atom. The van der Waals surface area contributed by atoms with Gasteiger partial charge in [-0.25, -0.2) is 13.1 Å². The van der Waals surface area contributed by atoms with Crippen molar-refractivity contribution >= 4 is 37.7 Å². The number of aromatic amines is 2. The number of nitrogens with one attached hydrogen (secondary N) is 4. The lowest BCUT2D eigenvalue weighted by atomic mass is 9.84. The molecule has 0 fully saturated rings. The first-order chi connectivity index (χ1) is 16.9. The first-order valence-electron chi connectivity index (χ1n) is 11.5. The van der Waals surface area contributed by atoms with Crippen LogP contribution in [-0.4, -0.2) is 36.9 Å². The van der Waals surface area contributed by atoms with Crippen LogP contribution < -0.4 is 10.0 Å². The lowest BCUT2D eigenvalue weighted by Crippen LogP contribution is -2.45. The van der Waals surface area contributed by atoms with Gasteiger partial charge in [0.1, 0.15) is 5.69 Å². The van der Waals surface area contributed by atoms with Crippen molar-refractivity contribution in [2.45, 2.75) is 23.8 Å². The maximum absolute atomic E-state index is 13.4. The van der Waals surface area contributed by atoms with Crippen LogP contribution in [0.5, 0.6) is 0 Å². The average Bonchev–Trinajstić information content (AvgIpc) is 3.43. The van der Waals surface area contributed by atoms with Crippen LogP contribution in [0, 0.1) is 6.92 Å². The Bertz CT molecular complexity index is 1690. The number of rotatable bonds is 4. The maximum Gasteiger partial charge on any atom is 0.268 e.